The summed E-state index contributed by atoms with van der Waals surface area (Å²) in [4.78, 5) is 13.0. The van der Waals surface area contributed by atoms with Gasteiger partial charge in [-0.3, -0.25) is 4.79 Å². The van der Waals surface area contributed by atoms with Crippen molar-refractivity contribution in [2.24, 2.45) is 0 Å². The topological polar surface area (TPSA) is 78.7 Å². The summed E-state index contributed by atoms with van der Waals surface area (Å²) in [7, 11) is 0. The largest absolute Gasteiger partial charge is 0.360 e. The summed E-state index contributed by atoms with van der Waals surface area (Å²) in [6.45, 7) is 3.86. The highest BCUT2D eigenvalue weighted by Crippen LogP contribution is 2.26. The molecule has 0 bridgehead atoms. The van der Waals surface area contributed by atoms with E-state index in [0.717, 1.165) is 22.5 Å². The summed E-state index contributed by atoms with van der Waals surface area (Å²) >= 11 is 6.07. The molecule has 5 rings (SSSR count). The van der Waals surface area contributed by atoms with Crippen LogP contribution in [0.1, 0.15) is 17.0 Å². The van der Waals surface area contributed by atoms with Crippen molar-refractivity contribution in [1.29, 1.82) is 0 Å². The zero-order chi connectivity index (χ0) is 21.5. The fourth-order valence-electron chi connectivity index (χ4n) is 3.70. The molecule has 0 amide bonds. The van der Waals surface area contributed by atoms with Gasteiger partial charge in [0, 0.05) is 22.3 Å². The van der Waals surface area contributed by atoms with E-state index in [1.165, 1.54) is 4.68 Å². The Morgan fingerprint density at radius 1 is 1.00 bits per heavy atom. The number of aryl methyl sites for hydroxylation is 2. The molecule has 0 radical (unpaired) electrons. The zero-order valence-corrected chi connectivity index (χ0v) is 17.7. The zero-order valence-electron chi connectivity index (χ0n) is 16.9. The average Bonchev–Trinajstić information content (AvgIpc) is 3.37. The molecule has 5 aromatic rings. The average molecular weight is 432 g/mol. The summed E-state index contributed by atoms with van der Waals surface area (Å²) in [5.74, 6) is 0.586. The molecule has 31 heavy (non-hydrogen) atoms. The SMILES string of the molecule is Cc1nn(Cc2cn(-c3ccccc3)nc2-c2ccc(Cl)cc2)c(=O)c2noc(C)c12. The van der Waals surface area contributed by atoms with Crippen LogP contribution in [-0.2, 0) is 6.54 Å². The third kappa shape index (κ3) is 3.43. The van der Waals surface area contributed by atoms with Gasteiger partial charge in [-0.2, -0.15) is 10.2 Å². The van der Waals surface area contributed by atoms with Crippen molar-refractivity contribution < 1.29 is 4.52 Å². The highest BCUT2D eigenvalue weighted by Gasteiger charge is 2.18. The minimum atomic E-state index is -0.299. The predicted molar refractivity (Wildman–Crippen MR) is 119 cm³/mol. The van der Waals surface area contributed by atoms with Gasteiger partial charge >= 0.3 is 0 Å². The third-order valence-electron chi connectivity index (χ3n) is 5.18. The highest BCUT2D eigenvalue weighted by atomic mass is 35.5. The first-order chi connectivity index (χ1) is 15.0. The fourth-order valence-corrected chi connectivity index (χ4v) is 3.83. The quantitative estimate of drug-likeness (QED) is 0.417. The normalized spacial score (nSPS) is 11.3. The van der Waals surface area contributed by atoms with Gasteiger partial charge in [0.15, 0.2) is 5.52 Å². The number of fused-ring (bicyclic) bond motifs is 1. The van der Waals surface area contributed by atoms with Gasteiger partial charge in [-0.1, -0.05) is 47.1 Å². The van der Waals surface area contributed by atoms with Crippen LogP contribution in [-0.4, -0.2) is 24.7 Å². The van der Waals surface area contributed by atoms with E-state index in [4.69, 9.17) is 21.2 Å². The number of rotatable bonds is 4. The molecule has 3 aromatic heterocycles. The monoisotopic (exact) mass is 431 g/mol. The molecule has 0 fully saturated rings. The molecule has 0 atom stereocenters. The second-order valence-corrected chi connectivity index (χ2v) is 7.74. The Kier molecular flexibility index (Phi) is 4.67. The van der Waals surface area contributed by atoms with Gasteiger partial charge < -0.3 is 4.52 Å². The summed E-state index contributed by atoms with van der Waals surface area (Å²) in [6, 6.07) is 17.3. The lowest BCUT2D eigenvalue weighted by molar-refractivity contribution is 0.405. The van der Waals surface area contributed by atoms with E-state index >= 15 is 0 Å². The second kappa shape index (κ2) is 7.52. The van der Waals surface area contributed by atoms with Crippen LogP contribution in [0.15, 0.2) is 70.1 Å². The van der Waals surface area contributed by atoms with Crippen molar-refractivity contribution in [3.05, 3.63) is 93.2 Å². The van der Waals surface area contributed by atoms with E-state index in [1.54, 1.807) is 11.6 Å². The van der Waals surface area contributed by atoms with Crippen LogP contribution in [0.25, 0.3) is 27.8 Å². The molecular formula is C23H18ClN5O2. The highest BCUT2D eigenvalue weighted by molar-refractivity contribution is 6.30. The lowest BCUT2D eigenvalue weighted by Crippen LogP contribution is -2.24. The van der Waals surface area contributed by atoms with Gasteiger partial charge in [-0.15, -0.1) is 0 Å². The molecule has 0 aliphatic rings. The van der Waals surface area contributed by atoms with Crippen molar-refractivity contribution in [2.75, 3.05) is 0 Å². The number of halogens is 1. The molecule has 0 spiro atoms. The van der Waals surface area contributed by atoms with Crippen LogP contribution in [0.3, 0.4) is 0 Å². The molecule has 0 saturated heterocycles. The standard InChI is InChI=1S/C23H18ClN5O2/c1-14-20-15(2)31-27-22(20)23(30)29(25-14)13-17-12-28(19-6-4-3-5-7-19)26-21(17)16-8-10-18(24)11-9-16/h3-12H,13H2,1-2H3. The number of nitrogens with zero attached hydrogens (tertiary/aromatic N) is 5. The van der Waals surface area contributed by atoms with Crippen LogP contribution in [0, 0.1) is 13.8 Å². The van der Waals surface area contributed by atoms with Crippen molar-refractivity contribution in [1.82, 2.24) is 24.7 Å². The van der Waals surface area contributed by atoms with Crippen LogP contribution < -0.4 is 5.56 Å². The Hall–Kier alpha value is -3.71. The number of hydrogen-bond acceptors (Lipinski definition) is 5. The molecule has 0 saturated carbocycles. The summed E-state index contributed by atoms with van der Waals surface area (Å²) < 4.78 is 8.43. The van der Waals surface area contributed by atoms with Crippen LogP contribution in [0.2, 0.25) is 5.02 Å². The molecule has 7 nitrogen and oxygen atoms in total. The molecule has 3 heterocycles. The molecule has 0 aliphatic heterocycles. The maximum atomic E-state index is 13.0. The first-order valence-electron chi connectivity index (χ1n) is 9.75. The first kappa shape index (κ1) is 19.3. The first-order valence-corrected chi connectivity index (χ1v) is 10.1. The van der Waals surface area contributed by atoms with E-state index in [9.17, 15) is 4.79 Å². The maximum absolute atomic E-state index is 13.0. The summed E-state index contributed by atoms with van der Waals surface area (Å²) in [6.07, 6.45) is 1.92. The minimum absolute atomic E-state index is 0.242. The molecular weight excluding hydrogens is 414 g/mol. The Morgan fingerprint density at radius 3 is 2.48 bits per heavy atom. The number of aromatic nitrogens is 5. The van der Waals surface area contributed by atoms with E-state index in [-0.39, 0.29) is 17.6 Å². The molecule has 8 heteroatoms. The molecule has 154 valence electrons. The van der Waals surface area contributed by atoms with Gasteiger partial charge in [0.05, 0.1) is 29.0 Å². The summed E-state index contributed by atoms with van der Waals surface area (Å²) in [5.41, 5.74) is 4.10. The van der Waals surface area contributed by atoms with Crippen molar-refractivity contribution in [2.45, 2.75) is 20.4 Å². The molecule has 0 N–H and O–H groups in total. The van der Waals surface area contributed by atoms with E-state index in [1.807, 2.05) is 67.7 Å². The van der Waals surface area contributed by atoms with Gasteiger partial charge in [0.25, 0.3) is 5.56 Å². The van der Waals surface area contributed by atoms with Crippen LogP contribution in [0.5, 0.6) is 0 Å². The molecule has 0 unspecified atom stereocenters. The molecule has 0 aliphatic carbocycles. The van der Waals surface area contributed by atoms with Crippen LogP contribution >= 0.6 is 11.6 Å². The predicted octanol–water partition coefficient (Wildman–Crippen LogP) is 4.56. The Morgan fingerprint density at radius 2 is 1.74 bits per heavy atom. The number of benzene rings is 2. The van der Waals surface area contributed by atoms with Gasteiger partial charge in [-0.05, 0) is 38.1 Å². The van der Waals surface area contributed by atoms with Crippen molar-refractivity contribution in [3.8, 4) is 16.9 Å². The Labute approximate surface area is 182 Å². The lowest BCUT2D eigenvalue weighted by Gasteiger charge is -2.07. The lowest BCUT2D eigenvalue weighted by atomic mass is 10.1. The van der Waals surface area contributed by atoms with Gasteiger partial charge in [0.1, 0.15) is 5.76 Å². The Balaban J connectivity index is 1.65. The van der Waals surface area contributed by atoms with E-state index in [0.29, 0.717) is 21.9 Å². The number of hydrogen-bond donors (Lipinski definition) is 0. The Bertz CT molecular complexity index is 1450. The van der Waals surface area contributed by atoms with Crippen molar-refractivity contribution >= 4 is 22.5 Å². The second-order valence-electron chi connectivity index (χ2n) is 7.30. The van der Waals surface area contributed by atoms with Gasteiger partial charge in [-0.25, -0.2) is 9.36 Å². The van der Waals surface area contributed by atoms with Gasteiger partial charge in [0.2, 0.25) is 0 Å². The number of para-hydroxylation sites is 1. The summed E-state index contributed by atoms with van der Waals surface area (Å²) in [5, 5.41) is 14.5. The van der Waals surface area contributed by atoms with E-state index < -0.39 is 0 Å². The maximum Gasteiger partial charge on any atom is 0.297 e. The minimum Gasteiger partial charge on any atom is -0.360 e. The fraction of sp³-hybridized carbons (Fsp3) is 0.130. The molecule has 2 aromatic carbocycles. The van der Waals surface area contributed by atoms with Crippen molar-refractivity contribution in [3.63, 3.8) is 0 Å². The smallest absolute Gasteiger partial charge is 0.297 e. The third-order valence-corrected chi connectivity index (χ3v) is 5.43. The van der Waals surface area contributed by atoms with E-state index in [2.05, 4.69) is 10.3 Å². The van der Waals surface area contributed by atoms with Crippen LogP contribution in [0.4, 0.5) is 0 Å².